The Labute approximate surface area is 60.1 Å². The van der Waals surface area contributed by atoms with Crippen molar-refractivity contribution in [2.24, 2.45) is 0 Å². The quantitative estimate of drug-likeness (QED) is 0.542. The SMILES string of the molecule is CCC(O)CC(=O)NOC. The lowest BCUT2D eigenvalue weighted by Gasteiger charge is -2.05. The van der Waals surface area contributed by atoms with Crippen molar-refractivity contribution in [3.8, 4) is 0 Å². The summed E-state index contributed by atoms with van der Waals surface area (Å²) < 4.78 is 0. The average Bonchev–Trinajstić information content (AvgIpc) is 1.88. The summed E-state index contributed by atoms with van der Waals surface area (Å²) in [5.74, 6) is -0.295. The Morgan fingerprint density at radius 2 is 2.40 bits per heavy atom. The van der Waals surface area contributed by atoms with E-state index in [1.807, 2.05) is 6.92 Å². The predicted molar refractivity (Wildman–Crippen MR) is 36.1 cm³/mol. The lowest BCUT2D eigenvalue weighted by atomic mass is 10.2. The fourth-order valence-corrected chi connectivity index (χ4v) is 0.514. The molecule has 0 fully saturated rings. The van der Waals surface area contributed by atoms with Crippen molar-refractivity contribution < 1.29 is 14.7 Å². The zero-order valence-corrected chi connectivity index (χ0v) is 6.26. The second kappa shape index (κ2) is 5.20. The second-order valence-corrected chi connectivity index (χ2v) is 2.00. The van der Waals surface area contributed by atoms with Crippen LogP contribution < -0.4 is 5.48 Å². The molecule has 60 valence electrons. The van der Waals surface area contributed by atoms with Gasteiger partial charge in [-0.3, -0.25) is 9.63 Å². The lowest BCUT2D eigenvalue weighted by molar-refractivity contribution is -0.133. The Morgan fingerprint density at radius 1 is 1.80 bits per heavy atom. The molecule has 1 amide bonds. The summed E-state index contributed by atoms with van der Waals surface area (Å²) in [7, 11) is 1.36. The highest BCUT2D eigenvalue weighted by Crippen LogP contribution is 1.95. The van der Waals surface area contributed by atoms with Gasteiger partial charge in [-0.05, 0) is 6.42 Å². The van der Waals surface area contributed by atoms with Crippen molar-refractivity contribution in [3.63, 3.8) is 0 Å². The first-order valence-electron chi connectivity index (χ1n) is 3.20. The van der Waals surface area contributed by atoms with Gasteiger partial charge in [0.05, 0.1) is 19.6 Å². The average molecular weight is 147 g/mol. The fraction of sp³-hybridized carbons (Fsp3) is 0.833. The minimum atomic E-state index is -0.560. The molecule has 0 rings (SSSR count). The van der Waals surface area contributed by atoms with Gasteiger partial charge >= 0.3 is 0 Å². The molecule has 4 heteroatoms. The van der Waals surface area contributed by atoms with Crippen LogP contribution in [-0.2, 0) is 9.63 Å². The van der Waals surface area contributed by atoms with Crippen molar-refractivity contribution in [2.45, 2.75) is 25.9 Å². The summed E-state index contributed by atoms with van der Waals surface area (Å²) in [6.07, 6.45) is 0.122. The van der Waals surface area contributed by atoms with Crippen LogP contribution in [0.5, 0.6) is 0 Å². The fourth-order valence-electron chi connectivity index (χ4n) is 0.514. The van der Waals surface area contributed by atoms with Gasteiger partial charge in [0, 0.05) is 0 Å². The molecule has 0 saturated heterocycles. The molecule has 0 spiro atoms. The number of hydrogen-bond acceptors (Lipinski definition) is 3. The summed E-state index contributed by atoms with van der Waals surface area (Å²) in [6, 6.07) is 0. The molecule has 0 heterocycles. The number of aliphatic hydroxyl groups is 1. The van der Waals surface area contributed by atoms with Crippen molar-refractivity contribution in [1.82, 2.24) is 5.48 Å². The van der Waals surface area contributed by atoms with Gasteiger partial charge in [-0.25, -0.2) is 5.48 Å². The number of hydrogen-bond donors (Lipinski definition) is 2. The van der Waals surface area contributed by atoms with E-state index < -0.39 is 6.10 Å². The maximum atomic E-state index is 10.6. The second-order valence-electron chi connectivity index (χ2n) is 2.00. The first kappa shape index (κ1) is 9.39. The van der Waals surface area contributed by atoms with Crippen molar-refractivity contribution in [3.05, 3.63) is 0 Å². The third-order valence-electron chi connectivity index (χ3n) is 1.11. The molecule has 0 aliphatic heterocycles. The Balaban J connectivity index is 3.37. The van der Waals surface area contributed by atoms with E-state index in [1.165, 1.54) is 7.11 Å². The molecule has 2 N–H and O–H groups in total. The van der Waals surface area contributed by atoms with Crippen LogP contribution in [0.2, 0.25) is 0 Å². The molecule has 0 radical (unpaired) electrons. The maximum absolute atomic E-state index is 10.6. The molecule has 0 aliphatic carbocycles. The van der Waals surface area contributed by atoms with Crippen LogP contribution in [0.4, 0.5) is 0 Å². The van der Waals surface area contributed by atoms with Gasteiger partial charge in [-0.1, -0.05) is 6.92 Å². The summed E-state index contributed by atoms with van der Waals surface area (Å²) in [6.45, 7) is 1.81. The molecular weight excluding hydrogens is 134 g/mol. The first-order valence-corrected chi connectivity index (χ1v) is 3.20. The summed E-state index contributed by atoms with van der Waals surface area (Å²) in [5, 5.41) is 8.94. The van der Waals surface area contributed by atoms with Gasteiger partial charge < -0.3 is 5.11 Å². The Kier molecular flexibility index (Phi) is 4.88. The zero-order chi connectivity index (χ0) is 7.98. The molecule has 0 saturated carbocycles. The number of hydroxylamine groups is 1. The van der Waals surface area contributed by atoms with E-state index in [4.69, 9.17) is 5.11 Å². The smallest absolute Gasteiger partial charge is 0.246 e. The van der Waals surface area contributed by atoms with Crippen LogP contribution in [0.1, 0.15) is 19.8 Å². The number of amides is 1. The number of carbonyl (C=O) groups excluding carboxylic acids is 1. The summed E-state index contributed by atoms with van der Waals surface area (Å²) in [4.78, 5) is 15.0. The van der Waals surface area contributed by atoms with Crippen molar-refractivity contribution in [1.29, 1.82) is 0 Å². The molecule has 0 bridgehead atoms. The third kappa shape index (κ3) is 4.29. The topological polar surface area (TPSA) is 58.6 Å². The highest BCUT2D eigenvalue weighted by molar-refractivity contribution is 5.75. The van der Waals surface area contributed by atoms with E-state index in [-0.39, 0.29) is 12.3 Å². The van der Waals surface area contributed by atoms with E-state index in [0.29, 0.717) is 6.42 Å². The van der Waals surface area contributed by atoms with Gasteiger partial charge in [-0.2, -0.15) is 0 Å². The van der Waals surface area contributed by atoms with E-state index in [2.05, 4.69) is 10.3 Å². The minimum absolute atomic E-state index is 0.102. The van der Waals surface area contributed by atoms with E-state index in [1.54, 1.807) is 0 Å². The van der Waals surface area contributed by atoms with Crippen molar-refractivity contribution in [2.75, 3.05) is 7.11 Å². The van der Waals surface area contributed by atoms with Crippen LogP contribution in [-0.4, -0.2) is 24.2 Å². The maximum Gasteiger partial charge on any atom is 0.246 e. The largest absolute Gasteiger partial charge is 0.393 e. The van der Waals surface area contributed by atoms with Crippen LogP contribution in [0, 0.1) is 0 Å². The standard InChI is InChI=1S/C6H13NO3/c1-3-5(8)4-6(9)7-10-2/h5,8H,3-4H2,1-2H3,(H,7,9). The van der Waals surface area contributed by atoms with Gasteiger partial charge in [-0.15, -0.1) is 0 Å². The number of carbonyl (C=O) groups is 1. The highest BCUT2D eigenvalue weighted by atomic mass is 16.6. The van der Waals surface area contributed by atoms with E-state index in [9.17, 15) is 4.79 Å². The molecule has 0 aromatic rings. The van der Waals surface area contributed by atoms with E-state index >= 15 is 0 Å². The monoisotopic (exact) mass is 147 g/mol. The summed E-state index contributed by atoms with van der Waals surface area (Å²) in [5.41, 5.74) is 2.11. The Hall–Kier alpha value is -0.610. The van der Waals surface area contributed by atoms with Crippen LogP contribution >= 0.6 is 0 Å². The van der Waals surface area contributed by atoms with Crippen molar-refractivity contribution >= 4 is 5.91 Å². The van der Waals surface area contributed by atoms with Crippen LogP contribution in [0.25, 0.3) is 0 Å². The number of rotatable bonds is 4. The highest BCUT2D eigenvalue weighted by Gasteiger charge is 2.06. The molecule has 0 aliphatic rings. The normalized spacial score (nSPS) is 12.7. The lowest BCUT2D eigenvalue weighted by Crippen LogP contribution is -2.25. The number of nitrogens with one attached hydrogen (secondary N) is 1. The third-order valence-corrected chi connectivity index (χ3v) is 1.11. The van der Waals surface area contributed by atoms with Crippen LogP contribution in [0.3, 0.4) is 0 Å². The first-order chi connectivity index (χ1) is 4.70. The molecule has 10 heavy (non-hydrogen) atoms. The Bertz CT molecular complexity index is 105. The molecule has 0 aromatic carbocycles. The Morgan fingerprint density at radius 3 is 2.80 bits per heavy atom. The van der Waals surface area contributed by atoms with Gasteiger partial charge in [0.15, 0.2) is 0 Å². The summed E-state index contributed by atoms with van der Waals surface area (Å²) >= 11 is 0. The number of aliphatic hydroxyl groups excluding tert-OH is 1. The van der Waals surface area contributed by atoms with Crippen LogP contribution in [0.15, 0.2) is 0 Å². The van der Waals surface area contributed by atoms with Gasteiger partial charge in [0.1, 0.15) is 0 Å². The molecule has 4 nitrogen and oxygen atoms in total. The molecule has 0 aromatic heterocycles. The molecule has 1 atom stereocenters. The molecular formula is C6H13NO3. The zero-order valence-electron chi connectivity index (χ0n) is 6.26. The predicted octanol–water partition coefficient (Wildman–Crippen LogP) is -0.175. The minimum Gasteiger partial charge on any atom is -0.393 e. The van der Waals surface area contributed by atoms with Gasteiger partial charge in [0.25, 0.3) is 0 Å². The van der Waals surface area contributed by atoms with E-state index in [0.717, 1.165) is 0 Å². The molecule has 1 unspecified atom stereocenters. The van der Waals surface area contributed by atoms with Gasteiger partial charge in [0.2, 0.25) is 5.91 Å².